The van der Waals surface area contributed by atoms with Gasteiger partial charge in [-0.25, -0.2) is 4.98 Å². The summed E-state index contributed by atoms with van der Waals surface area (Å²) in [5.41, 5.74) is 1.14. The lowest BCUT2D eigenvalue weighted by atomic mass is 10.1. The fourth-order valence-corrected chi connectivity index (χ4v) is 3.24. The average Bonchev–Trinajstić information content (AvgIpc) is 3.47. The number of thiazole rings is 1. The Balaban J connectivity index is 1.35. The van der Waals surface area contributed by atoms with Crippen LogP contribution in [0.15, 0.2) is 57.0 Å². The first-order chi connectivity index (χ1) is 14.1. The van der Waals surface area contributed by atoms with E-state index in [0.717, 1.165) is 0 Å². The molecule has 0 atom stereocenters. The summed E-state index contributed by atoms with van der Waals surface area (Å²) in [5, 5.41) is 19.5. The van der Waals surface area contributed by atoms with Gasteiger partial charge in [-0.2, -0.15) is 4.98 Å². The third-order valence-electron chi connectivity index (χ3n) is 3.88. The Bertz CT molecular complexity index is 1150. The number of aryl methyl sites for hydroxylation is 1. The van der Waals surface area contributed by atoms with E-state index >= 15 is 0 Å². The molecule has 1 aromatic carbocycles. The van der Waals surface area contributed by atoms with Crippen molar-refractivity contribution < 1.29 is 18.7 Å². The summed E-state index contributed by atoms with van der Waals surface area (Å²) in [6, 6.07) is 9.59. The molecule has 0 spiro atoms. The molecule has 4 aromatic rings. The summed E-state index contributed by atoms with van der Waals surface area (Å²) in [7, 11) is 0. The van der Waals surface area contributed by atoms with Gasteiger partial charge in [0.25, 0.3) is 5.69 Å². The van der Waals surface area contributed by atoms with Crippen LogP contribution in [-0.4, -0.2) is 26.0 Å². The highest BCUT2D eigenvalue weighted by molar-refractivity contribution is 7.14. The van der Waals surface area contributed by atoms with Gasteiger partial charge in [0.15, 0.2) is 10.9 Å². The van der Waals surface area contributed by atoms with E-state index in [1.54, 1.807) is 29.6 Å². The molecule has 0 aliphatic carbocycles. The van der Waals surface area contributed by atoms with Gasteiger partial charge in [0.1, 0.15) is 0 Å². The van der Waals surface area contributed by atoms with Gasteiger partial charge >= 0.3 is 0 Å². The molecule has 10 nitrogen and oxygen atoms in total. The molecule has 11 heteroatoms. The van der Waals surface area contributed by atoms with Crippen molar-refractivity contribution in [1.82, 2.24) is 15.1 Å². The number of anilines is 1. The lowest BCUT2D eigenvalue weighted by molar-refractivity contribution is -0.384. The van der Waals surface area contributed by atoms with E-state index in [-0.39, 0.29) is 24.4 Å². The van der Waals surface area contributed by atoms with Crippen molar-refractivity contribution in [3.8, 4) is 22.8 Å². The van der Waals surface area contributed by atoms with Crippen molar-refractivity contribution in [3.63, 3.8) is 0 Å². The van der Waals surface area contributed by atoms with Crippen molar-refractivity contribution in [3.05, 3.63) is 64.0 Å². The van der Waals surface area contributed by atoms with Crippen LogP contribution in [0.25, 0.3) is 22.8 Å². The maximum Gasteiger partial charge on any atom is 0.270 e. The molecule has 0 unspecified atom stereocenters. The second-order valence-corrected chi connectivity index (χ2v) is 6.74. The first-order valence-corrected chi connectivity index (χ1v) is 9.33. The Morgan fingerprint density at radius 1 is 1.24 bits per heavy atom. The number of furan rings is 1. The van der Waals surface area contributed by atoms with E-state index in [0.29, 0.717) is 33.9 Å². The van der Waals surface area contributed by atoms with Gasteiger partial charge in [-0.1, -0.05) is 17.3 Å². The van der Waals surface area contributed by atoms with E-state index in [4.69, 9.17) is 8.94 Å². The van der Waals surface area contributed by atoms with Crippen LogP contribution in [0, 0.1) is 10.1 Å². The molecule has 3 heterocycles. The number of benzene rings is 1. The lowest BCUT2D eigenvalue weighted by Crippen LogP contribution is -2.12. The van der Waals surface area contributed by atoms with Crippen molar-refractivity contribution >= 4 is 28.1 Å². The number of non-ortho nitro benzene ring substituents is 1. The van der Waals surface area contributed by atoms with Crippen molar-refractivity contribution in [1.29, 1.82) is 0 Å². The monoisotopic (exact) mass is 411 g/mol. The van der Waals surface area contributed by atoms with Gasteiger partial charge in [0, 0.05) is 35.9 Å². The van der Waals surface area contributed by atoms with E-state index in [1.165, 1.54) is 29.7 Å². The number of carbonyl (C=O) groups is 1. The molecular formula is C18H13N5O5S. The molecule has 1 amide bonds. The summed E-state index contributed by atoms with van der Waals surface area (Å²) in [6.45, 7) is 0. The van der Waals surface area contributed by atoms with Crippen LogP contribution in [0.5, 0.6) is 0 Å². The number of nitrogens with one attached hydrogen (secondary N) is 1. The summed E-state index contributed by atoms with van der Waals surface area (Å²) >= 11 is 1.23. The summed E-state index contributed by atoms with van der Waals surface area (Å²) < 4.78 is 10.3. The van der Waals surface area contributed by atoms with E-state index in [2.05, 4.69) is 20.4 Å². The van der Waals surface area contributed by atoms with Gasteiger partial charge in [0.2, 0.25) is 17.6 Å². The lowest BCUT2D eigenvalue weighted by Gasteiger charge is -1.99. The minimum Gasteiger partial charge on any atom is -0.461 e. The van der Waals surface area contributed by atoms with Crippen molar-refractivity contribution in [2.75, 3.05) is 5.32 Å². The number of carbonyl (C=O) groups excluding carboxylic acids is 1. The van der Waals surface area contributed by atoms with Gasteiger partial charge in [-0.15, -0.1) is 11.3 Å². The Morgan fingerprint density at radius 3 is 2.93 bits per heavy atom. The Labute approximate surface area is 167 Å². The predicted molar refractivity (Wildman–Crippen MR) is 103 cm³/mol. The number of nitro groups is 1. The van der Waals surface area contributed by atoms with Gasteiger partial charge < -0.3 is 14.3 Å². The highest BCUT2D eigenvalue weighted by Gasteiger charge is 2.14. The van der Waals surface area contributed by atoms with Crippen LogP contribution in [0.3, 0.4) is 0 Å². The second kappa shape index (κ2) is 8.02. The molecule has 0 bridgehead atoms. The third-order valence-corrected chi connectivity index (χ3v) is 4.64. The molecule has 0 aliphatic heterocycles. The zero-order chi connectivity index (χ0) is 20.2. The maximum absolute atomic E-state index is 12.2. The average molecular weight is 411 g/mol. The molecule has 0 radical (unpaired) electrons. The number of hydrogen-bond acceptors (Lipinski definition) is 9. The fraction of sp³-hybridized carbons (Fsp3) is 0.111. The largest absolute Gasteiger partial charge is 0.461 e. The van der Waals surface area contributed by atoms with E-state index < -0.39 is 4.92 Å². The van der Waals surface area contributed by atoms with E-state index in [9.17, 15) is 14.9 Å². The number of hydrogen-bond donors (Lipinski definition) is 1. The molecular weight excluding hydrogens is 398 g/mol. The molecule has 0 fully saturated rings. The number of amides is 1. The van der Waals surface area contributed by atoms with Crippen LogP contribution >= 0.6 is 11.3 Å². The number of nitro benzene ring substituents is 1. The Morgan fingerprint density at radius 2 is 2.14 bits per heavy atom. The SMILES string of the molecule is O=C(CCc1nc(-c2ccco2)no1)Nc1nc(-c2cccc([N+](=O)[O-])c2)cs1. The highest BCUT2D eigenvalue weighted by atomic mass is 32.1. The van der Waals surface area contributed by atoms with Gasteiger partial charge in [-0.3, -0.25) is 14.9 Å². The predicted octanol–water partition coefficient (Wildman–Crippen LogP) is 3.93. The Hall–Kier alpha value is -3.86. The minimum atomic E-state index is -0.465. The summed E-state index contributed by atoms with van der Waals surface area (Å²) in [4.78, 5) is 31.1. The van der Waals surface area contributed by atoms with E-state index in [1.807, 2.05) is 0 Å². The molecule has 0 saturated carbocycles. The minimum absolute atomic E-state index is 0.0189. The van der Waals surface area contributed by atoms with Crippen LogP contribution in [-0.2, 0) is 11.2 Å². The smallest absolute Gasteiger partial charge is 0.270 e. The number of nitrogens with zero attached hydrogens (tertiary/aromatic N) is 4. The normalized spacial score (nSPS) is 10.8. The molecule has 4 rings (SSSR count). The van der Waals surface area contributed by atoms with Crippen LogP contribution in [0.2, 0.25) is 0 Å². The zero-order valence-electron chi connectivity index (χ0n) is 14.8. The van der Waals surface area contributed by atoms with Crippen LogP contribution < -0.4 is 5.32 Å². The fourth-order valence-electron chi connectivity index (χ4n) is 2.51. The highest BCUT2D eigenvalue weighted by Crippen LogP contribution is 2.27. The quantitative estimate of drug-likeness (QED) is 0.357. The van der Waals surface area contributed by atoms with Crippen LogP contribution in [0.1, 0.15) is 12.3 Å². The maximum atomic E-state index is 12.2. The van der Waals surface area contributed by atoms with Crippen molar-refractivity contribution in [2.24, 2.45) is 0 Å². The van der Waals surface area contributed by atoms with Crippen LogP contribution in [0.4, 0.5) is 10.8 Å². The standard InChI is InChI=1S/C18H13N5O5S/c24-15(6-7-16-21-17(22-28-16)14-5-2-8-27-14)20-18-19-13(10-29-18)11-3-1-4-12(9-11)23(25)26/h1-5,8-10H,6-7H2,(H,19,20,24). The first-order valence-electron chi connectivity index (χ1n) is 8.45. The van der Waals surface area contributed by atoms with Gasteiger partial charge in [0.05, 0.1) is 16.9 Å². The summed E-state index contributed by atoms with van der Waals surface area (Å²) in [5.74, 6) is 0.874. The zero-order valence-corrected chi connectivity index (χ0v) is 15.6. The molecule has 0 saturated heterocycles. The third kappa shape index (κ3) is 4.35. The Kier molecular flexibility index (Phi) is 5.12. The van der Waals surface area contributed by atoms with Crippen molar-refractivity contribution in [2.45, 2.75) is 12.8 Å². The first kappa shape index (κ1) is 18.5. The van der Waals surface area contributed by atoms with Gasteiger partial charge in [-0.05, 0) is 12.1 Å². The molecule has 146 valence electrons. The molecule has 29 heavy (non-hydrogen) atoms. The summed E-state index contributed by atoms with van der Waals surface area (Å²) in [6.07, 6.45) is 1.91. The molecule has 0 aliphatic rings. The molecule has 3 aromatic heterocycles. The number of rotatable bonds is 7. The molecule has 1 N–H and O–H groups in total. The number of aromatic nitrogens is 3. The second-order valence-electron chi connectivity index (χ2n) is 5.88. The topological polar surface area (TPSA) is 137 Å².